The average molecular weight is 622 g/mol. The van der Waals surface area contributed by atoms with Crippen molar-refractivity contribution in [3.8, 4) is 23.2 Å². The summed E-state index contributed by atoms with van der Waals surface area (Å²) in [7, 11) is 0. The first-order valence-corrected chi connectivity index (χ1v) is 15.2. The highest BCUT2D eigenvalue weighted by atomic mass is 19.4. The van der Waals surface area contributed by atoms with E-state index in [4.69, 9.17) is 9.47 Å². The van der Waals surface area contributed by atoms with Crippen LogP contribution in [0.5, 0.6) is 5.88 Å². The van der Waals surface area contributed by atoms with E-state index in [1.54, 1.807) is 12.3 Å². The van der Waals surface area contributed by atoms with Gasteiger partial charge in [0.15, 0.2) is 0 Å². The van der Waals surface area contributed by atoms with Gasteiger partial charge in [-0.2, -0.15) is 23.5 Å². The quantitative estimate of drug-likeness (QED) is 0.279. The highest BCUT2D eigenvalue weighted by molar-refractivity contribution is 5.90. The van der Waals surface area contributed by atoms with Crippen molar-refractivity contribution in [1.29, 1.82) is 5.26 Å². The molecule has 2 saturated heterocycles. The van der Waals surface area contributed by atoms with Crippen molar-refractivity contribution in [3.63, 3.8) is 0 Å². The highest BCUT2D eigenvalue weighted by Crippen LogP contribution is 2.45. The van der Waals surface area contributed by atoms with E-state index in [1.807, 2.05) is 30.1 Å². The van der Waals surface area contributed by atoms with Gasteiger partial charge in [0.1, 0.15) is 23.8 Å². The molecule has 3 aliphatic rings. The molecule has 0 aromatic carbocycles. The van der Waals surface area contributed by atoms with Gasteiger partial charge in [-0.25, -0.2) is 15.0 Å². The monoisotopic (exact) mass is 621 g/mol. The standard InChI is InChI=1S/C31H34F3N9O2/c1-29(17-44-18-29)39-14-20-10-25(31(32,33)34)41-26(11-20)45-23-3-8-42(9-4-23)22-12-30(13-22,5-6-35)43-16-21(15-40-43)27-24-2-7-36-28(24)38-19-37-27/h2,7,10-11,15-16,19,22-23,39H,3-5,8-9,12-14,17-18H2,1H3,(H,36,37,38)/t22-,30+. The number of nitrogens with zero attached hydrogens (tertiary/aromatic N) is 7. The SMILES string of the molecule is CC1(NCc2cc(OC3CCN([C@H]4C[C@@](CC#N)(n5cc(-c6ncnc7[nH]ccc67)cn5)C4)CC3)nc(C(F)(F)F)c2)COC1. The Morgan fingerprint density at radius 2 is 2.00 bits per heavy atom. The smallest absolute Gasteiger partial charge is 0.433 e. The first-order valence-electron chi connectivity index (χ1n) is 15.2. The second kappa shape index (κ2) is 11.4. The Hall–Kier alpha value is -4.06. The number of aromatic amines is 1. The maximum Gasteiger partial charge on any atom is 0.433 e. The van der Waals surface area contributed by atoms with Crippen molar-refractivity contribution in [1.82, 2.24) is 39.9 Å². The largest absolute Gasteiger partial charge is 0.474 e. The van der Waals surface area contributed by atoms with E-state index in [9.17, 15) is 18.4 Å². The van der Waals surface area contributed by atoms with Crippen LogP contribution < -0.4 is 10.1 Å². The minimum atomic E-state index is -4.57. The maximum atomic E-state index is 13.6. The van der Waals surface area contributed by atoms with E-state index in [0.29, 0.717) is 38.0 Å². The first-order chi connectivity index (χ1) is 21.6. The molecule has 2 N–H and O–H groups in total. The van der Waals surface area contributed by atoms with Crippen molar-refractivity contribution >= 4 is 11.0 Å². The number of nitrogens with one attached hydrogen (secondary N) is 2. The molecule has 1 aliphatic carbocycles. The zero-order chi connectivity index (χ0) is 31.2. The minimum absolute atomic E-state index is 0.00172. The molecule has 3 fully saturated rings. The summed E-state index contributed by atoms with van der Waals surface area (Å²) in [6.45, 7) is 4.79. The fourth-order valence-electron chi connectivity index (χ4n) is 6.66. The van der Waals surface area contributed by atoms with Crippen LogP contribution in [-0.4, -0.2) is 78.6 Å². The second-order valence-electron chi connectivity index (χ2n) is 12.7. The van der Waals surface area contributed by atoms with E-state index < -0.39 is 17.4 Å². The number of hydrogen-bond acceptors (Lipinski definition) is 9. The molecule has 6 heterocycles. The van der Waals surface area contributed by atoms with Crippen molar-refractivity contribution in [2.24, 2.45) is 0 Å². The predicted molar refractivity (Wildman–Crippen MR) is 157 cm³/mol. The molecule has 45 heavy (non-hydrogen) atoms. The zero-order valence-corrected chi connectivity index (χ0v) is 24.8. The van der Waals surface area contributed by atoms with Crippen LogP contribution in [0.1, 0.15) is 50.3 Å². The molecule has 14 heteroatoms. The van der Waals surface area contributed by atoms with E-state index in [2.05, 4.69) is 41.3 Å². The Labute approximate surface area is 257 Å². The normalized spacial score (nSPS) is 23.8. The summed E-state index contributed by atoms with van der Waals surface area (Å²) in [4.78, 5) is 18.0. The van der Waals surface area contributed by atoms with E-state index in [0.717, 1.165) is 54.3 Å². The van der Waals surface area contributed by atoms with Gasteiger partial charge < -0.3 is 19.8 Å². The maximum absolute atomic E-state index is 13.6. The molecule has 236 valence electrons. The van der Waals surface area contributed by atoms with Crippen LogP contribution in [0, 0.1) is 11.3 Å². The molecule has 0 radical (unpaired) electrons. The number of rotatable bonds is 9. The summed E-state index contributed by atoms with van der Waals surface area (Å²) in [5, 5.41) is 18.5. The Morgan fingerprint density at radius 3 is 2.71 bits per heavy atom. The first kappa shape index (κ1) is 29.6. The Balaban J connectivity index is 0.977. The summed E-state index contributed by atoms with van der Waals surface area (Å²) >= 11 is 0. The fraction of sp³-hybridized carbons (Fsp3) is 0.516. The summed E-state index contributed by atoms with van der Waals surface area (Å²) in [6, 6.07) is 7.25. The van der Waals surface area contributed by atoms with Crippen LogP contribution in [0.15, 0.2) is 43.1 Å². The zero-order valence-electron chi connectivity index (χ0n) is 24.8. The summed E-state index contributed by atoms with van der Waals surface area (Å²) in [5.41, 5.74) is 1.29. The molecular weight excluding hydrogens is 587 g/mol. The number of fused-ring (bicyclic) bond motifs is 1. The van der Waals surface area contributed by atoms with E-state index >= 15 is 0 Å². The number of piperidine rings is 1. The lowest BCUT2D eigenvalue weighted by Gasteiger charge is -2.52. The molecule has 0 bridgehead atoms. The third-order valence-electron chi connectivity index (χ3n) is 9.33. The minimum Gasteiger partial charge on any atom is -0.474 e. The number of likely N-dealkylation sites (tertiary alicyclic amines) is 1. The van der Waals surface area contributed by atoms with Gasteiger partial charge >= 0.3 is 6.18 Å². The number of pyridine rings is 1. The summed E-state index contributed by atoms with van der Waals surface area (Å²) in [6.07, 6.45) is 5.57. The van der Waals surface area contributed by atoms with Gasteiger partial charge in [-0.05, 0) is 50.3 Å². The van der Waals surface area contributed by atoms with Crippen LogP contribution in [0.4, 0.5) is 13.2 Å². The van der Waals surface area contributed by atoms with Crippen LogP contribution in [-0.2, 0) is 23.0 Å². The van der Waals surface area contributed by atoms with Crippen LogP contribution in [0.25, 0.3) is 22.3 Å². The third-order valence-corrected chi connectivity index (χ3v) is 9.33. The Bertz CT molecular complexity index is 1710. The lowest BCUT2D eigenvalue weighted by molar-refractivity contribution is -0.141. The fourth-order valence-corrected chi connectivity index (χ4v) is 6.66. The number of nitriles is 1. The van der Waals surface area contributed by atoms with Gasteiger partial charge in [-0.3, -0.25) is 9.58 Å². The number of ether oxygens (including phenoxy) is 2. The Kier molecular flexibility index (Phi) is 7.50. The molecule has 2 aliphatic heterocycles. The molecule has 7 rings (SSSR count). The number of hydrogen-bond donors (Lipinski definition) is 2. The molecule has 1 saturated carbocycles. The van der Waals surface area contributed by atoms with Crippen LogP contribution in [0.2, 0.25) is 0 Å². The molecule has 0 atom stereocenters. The molecule has 0 amide bonds. The van der Waals surface area contributed by atoms with E-state index in [-0.39, 0.29) is 30.1 Å². The molecule has 4 aromatic rings. The van der Waals surface area contributed by atoms with Gasteiger partial charge in [0, 0.05) is 55.1 Å². The van der Waals surface area contributed by atoms with Crippen molar-refractivity contribution in [3.05, 3.63) is 54.4 Å². The third kappa shape index (κ3) is 5.87. The molecular formula is C31H34F3N9O2. The Morgan fingerprint density at radius 1 is 1.20 bits per heavy atom. The van der Waals surface area contributed by atoms with Crippen molar-refractivity contribution < 1.29 is 22.6 Å². The number of H-pyrrole nitrogens is 1. The van der Waals surface area contributed by atoms with Crippen LogP contribution >= 0.6 is 0 Å². The average Bonchev–Trinajstić information content (AvgIpc) is 3.67. The van der Waals surface area contributed by atoms with E-state index in [1.165, 1.54) is 6.33 Å². The van der Waals surface area contributed by atoms with Gasteiger partial charge in [-0.15, -0.1) is 0 Å². The number of aromatic nitrogens is 6. The highest BCUT2D eigenvalue weighted by Gasteiger charge is 2.49. The summed E-state index contributed by atoms with van der Waals surface area (Å²) < 4.78 is 54.1. The lowest BCUT2D eigenvalue weighted by Crippen LogP contribution is -2.58. The summed E-state index contributed by atoms with van der Waals surface area (Å²) in [5.74, 6) is 0.00172. The molecule has 0 unspecified atom stereocenters. The predicted octanol–water partition coefficient (Wildman–Crippen LogP) is 4.43. The number of halogens is 3. The van der Waals surface area contributed by atoms with Gasteiger partial charge in [0.2, 0.25) is 5.88 Å². The topological polar surface area (TPSA) is 130 Å². The molecule has 4 aromatic heterocycles. The molecule has 0 spiro atoms. The van der Waals surface area contributed by atoms with Crippen molar-refractivity contribution in [2.45, 2.75) is 75.0 Å². The van der Waals surface area contributed by atoms with Gasteiger partial charge in [-0.1, -0.05) is 0 Å². The molecule has 11 nitrogen and oxygen atoms in total. The number of alkyl halides is 3. The second-order valence-corrected chi connectivity index (χ2v) is 12.7. The van der Waals surface area contributed by atoms with Gasteiger partial charge in [0.25, 0.3) is 0 Å². The van der Waals surface area contributed by atoms with Crippen LogP contribution in [0.3, 0.4) is 0 Å². The lowest BCUT2D eigenvalue weighted by atomic mass is 9.69. The van der Waals surface area contributed by atoms with Crippen molar-refractivity contribution in [2.75, 3.05) is 26.3 Å². The van der Waals surface area contributed by atoms with Gasteiger partial charge in [0.05, 0.1) is 48.7 Å².